The predicted octanol–water partition coefficient (Wildman–Crippen LogP) is 2.97. The summed E-state index contributed by atoms with van der Waals surface area (Å²) in [4.78, 5) is 8.43. The largest absolute Gasteiger partial charge is 0.492 e. The highest BCUT2D eigenvalue weighted by atomic mass is 19.1. The monoisotopic (exact) mass is 372 g/mol. The summed E-state index contributed by atoms with van der Waals surface area (Å²) in [6, 6.07) is 14.5. The first-order valence-electron chi connectivity index (χ1n) is 9.01. The molecule has 0 fully saturated rings. The number of guanidine groups is 1. The molecule has 0 aliphatic heterocycles. The fraction of sp³-hybridized carbons (Fsp3) is 0.381. The van der Waals surface area contributed by atoms with Crippen LogP contribution in [0.25, 0.3) is 0 Å². The molecule has 1 N–H and O–H groups in total. The molecule has 5 nitrogen and oxygen atoms in total. The maximum absolute atomic E-state index is 13.1. The SMILES string of the molecule is CN=C(NCc1ccccc1OCCN(C)C)N(C)Cc1ccc(F)cc1. The van der Waals surface area contributed by atoms with Crippen LogP contribution >= 0.6 is 0 Å². The molecule has 0 saturated heterocycles. The standard InChI is InChI=1S/C21H29FN4O/c1-23-21(26(4)16-17-9-11-19(22)12-10-17)24-15-18-7-5-6-8-20(18)27-14-13-25(2)3/h5-12H,13-16H2,1-4H3,(H,23,24). The van der Waals surface area contributed by atoms with Crippen LogP contribution in [0.3, 0.4) is 0 Å². The number of nitrogens with zero attached hydrogens (tertiary/aromatic N) is 3. The van der Waals surface area contributed by atoms with E-state index in [9.17, 15) is 4.39 Å². The molecule has 0 atom stereocenters. The minimum Gasteiger partial charge on any atom is -0.492 e. The van der Waals surface area contributed by atoms with E-state index >= 15 is 0 Å². The van der Waals surface area contributed by atoms with Crippen LogP contribution in [0.15, 0.2) is 53.5 Å². The van der Waals surface area contributed by atoms with E-state index in [1.165, 1.54) is 12.1 Å². The van der Waals surface area contributed by atoms with Gasteiger partial charge in [-0.2, -0.15) is 0 Å². The van der Waals surface area contributed by atoms with Crippen LogP contribution < -0.4 is 10.1 Å². The van der Waals surface area contributed by atoms with Gasteiger partial charge in [0.05, 0.1) is 0 Å². The molecule has 0 bridgehead atoms. The Hall–Kier alpha value is -2.60. The van der Waals surface area contributed by atoms with Gasteiger partial charge in [0.15, 0.2) is 5.96 Å². The third-order valence-corrected chi connectivity index (χ3v) is 4.11. The van der Waals surface area contributed by atoms with Crippen molar-refractivity contribution in [3.63, 3.8) is 0 Å². The number of rotatable bonds is 8. The van der Waals surface area contributed by atoms with Gasteiger partial charge in [0.25, 0.3) is 0 Å². The molecular weight excluding hydrogens is 343 g/mol. The molecule has 0 spiro atoms. The van der Waals surface area contributed by atoms with Crippen LogP contribution in [0.1, 0.15) is 11.1 Å². The number of hydrogen-bond acceptors (Lipinski definition) is 3. The number of halogens is 1. The molecule has 2 aromatic carbocycles. The van der Waals surface area contributed by atoms with Gasteiger partial charge in [-0.25, -0.2) is 4.39 Å². The zero-order valence-corrected chi connectivity index (χ0v) is 16.6. The number of aliphatic imine (C=N–C) groups is 1. The summed E-state index contributed by atoms with van der Waals surface area (Å²) >= 11 is 0. The van der Waals surface area contributed by atoms with E-state index in [-0.39, 0.29) is 5.82 Å². The van der Waals surface area contributed by atoms with Crippen LogP contribution in [0.2, 0.25) is 0 Å². The second-order valence-corrected chi connectivity index (χ2v) is 6.64. The third-order valence-electron chi connectivity index (χ3n) is 4.11. The topological polar surface area (TPSA) is 40.1 Å². The Balaban J connectivity index is 1.94. The molecule has 0 unspecified atom stereocenters. The predicted molar refractivity (Wildman–Crippen MR) is 109 cm³/mol. The molecule has 6 heteroatoms. The Bertz CT molecular complexity index is 731. The molecule has 0 radical (unpaired) electrons. The van der Waals surface area contributed by atoms with Gasteiger partial charge in [-0.05, 0) is 37.9 Å². The summed E-state index contributed by atoms with van der Waals surface area (Å²) < 4.78 is 19.0. The van der Waals surface area contributed by atoms with Crippen molar-refractivity contribution in [3.05, 3.63) is 65.5 Å². The number of nitrogens with one attached hydrogen (secondary N) is 1. The molecule has 0 aliphatic rings. The highest BCUT2D eigenvalue weighted by molar-refractivity contribution is 5.79. The molecule has 2 aromatic rings. The summed E-state index contributed by atoms with van der Waals surface area (Å²) in [6.07, 6.45) is 0. The van der Waals surface area contributed by atoms with E-state index in [0.717, 1.165) is 29.4 Å². The van der Waals surface area contributed by atoms with Gasteiger partial charge in [-0.3, -0.25) is 4.99 Å². The minimum absolute atomic E-state index is 0.227. The maximum atomic E-state index is 13.1. The minimum atomic E-state index is -0.227. The van der Waals surface area contributed by atoms with Crippen molar-refractivity contribution < 1.29 is 9.13 Å². The molecular formula is C21H29FN4O. The van der Waals surface area contributed by atoms with Gasteiger partial charge in [-0.1, -0.05) is 30.3 Å². The smallest absolute Gasteiger partial charge is 0.193 e. The Kier molecular flexibility index (Phi) is 8.07. The molecule has 0 aromatic heterocycles. The average molecular weight is 372 g/mol. The van der Waals surface area contributed by atoms with Gasteiger partial charge < -0.3 is 19.9 Å². The quantitative estimate of drug-likeness (QED) is 0.571. The third kappa shape index (κ3) is 6.90. The van der Waals surface area contributed by atoms with Gasteiger partial charge >= 0.3 is 0 Å². The maximum Gasteiger partial charge on any atom is 0.193 e. The van der Waals surface area contributed by atoms with E-state index in [4.69, 9.17) is 4.74 Å². The van der Waals surface area contributed by atoms with Gasteiger partial charge in [-0.15, -0.1) is 0 Å². The van der Waals surface area contributed by atoms with E-state index < -0.39 is 0 Å². The molecule has 27 heavy (non-hydrogen) atoms. The van der Waals surface area contributed by atoms with Crippen molar-refractivity contribution >= 4 is 5.96 Å². The van der Waals surface area contributed by atoms with Crippen molar-refractivity contribution in [2.24, 2.45) is 4.99 Å². The lowest BCUT2D eigenvalue weighted by Crippen LogP contribution is -2.38. The first-order chi connectivity index (χ1) is 13.0. The normalized spacial score (nSPS) is 11.6. The summed E-state index contributed by atoms with van der Waals surface area (Å²) in [5.74, 6) is 1.42. The van der Waals surface area contributed by atoms with Crippen molar-refractivity contribution in [3.8, 4) is 5.75 Å². The Labute approximate surface area is 161 Å². The molecule has 0 amide bonds. The summed E-state index contributed by atoms with van der Waals surface area (Å²) in [5.41, 5.74) is 2.10. The van der Waals surface area contributed by atoms with Crippen molar-refractivity contribution in [1.82, 2.24) is 15.1 Å². The van der Waals surface area contributed by atoms with Gasteiger partial charge in [0.2, 0.25) is 0 Å². The lowest BCUT2D eigenvalue weighted by Gasteiger charge is -2.23. The number of benzene rings is 2. The fourth-order valence-corrected chi connectivity index (χ4v) is 2.63. The average Bonchev–Trinajstić information content (AvgIpc) is 2.65. The Morgan fingerprint density at radius 1 is 1.07 bits per heavy atom. The van der Waals surface area contributed by atoms with Gasteiger partial charge in [0.1, 0.15) is 18.2 Å². The van der Waals surface area contributed by atoms with Crippen LogP contribution in [0.5, 0.6) is 5.75 Å². The summed E-state index contributed by atoms with van der Waals surface area (Å²) in [5, 5.41) is 3.37. The fourth-order valence-electron chi connectivity index (χ4n) is 2.63. The van der Waals surface area contributed by atoms with E-state index in [2.05, 4.69) is 15.2 Å². The first kappa shape index (κ1) is 20.7. The van der Waals surface area contributed by atoms with Crippen LogP contribution in [-0.2, 0) is 13.1 Å². The van der Waals surface area contributed by atoms with E-state index in [1.807, 2.05) is 50.3 Å². The van der Waals surface area contributed by atoms with Gasteiger partial charge in [0, 0.05) is 39.3 Å². The number of ether oxygens (including phenoxy) is 1. The number of para-hydroxylation sites is 1. The number of hydrogen-bond donors (Lipinski definition) is 1. The van der Waals surface area contributed by atoms with Crippen molar-refractivity contribution in [2.75, 3.05) is 41.3 Å². The zero-order chi connectivity index (χ0) is 19.6. The highest BCUT2D eigenvalue weighted by Gasteiger charge is 2.09. The van der Waals surface area contributed by atoms with Crippen molar-refractivity contribution in [2.45, 2.75) is 13.1 Å². The van der Waals surface area contributed by atoms with Crippen LogP contribution in [0.4, 0.5) is 4.39 Å². The lowest BCUT2D eigenvalue weighted by molar-refractivity contribution is 0.259. The first-order valence-corrected chi connectivity index (χ1v) is 9.01. The van der Waals surface area contributed by atoms with Crippen LogP contribution in [0, 0.1) is 5.82 Å². The molecule has 2 rings (SSSR count). The second-order valence-electron chi connectivity index (χ2n) is 6.64. The van der Waals surface area contributed by atoms with Crippen LogP contribution in [-0.4, -0.2) is 57.1 Å². The lowest BCUT2D eigenvalue weighted by atomic mass is 10.2. The summed E-state index contributed by atoms with van der Waals surface area (Å²) in [7, 11) is 7.76. The van der Waals surface area contributed by atoms with E-state index in [1.54, 1.807) is 19.2 Å². The molecule has 146 valence electrons. The number of likely N-dealkylation sites (N-methyl/N-ethyl adjacent to an activating group) is 1. The Morgan fingerprint density at radius 2 is 1.78 bits per heavy atom. The second kappa shape index (κ2) is 10.5. The highest BCUT2D eigenvalue weighted by Crippen LogP contribution is 2.17. The summed E-state index contributed by atoms with van der Waals surface area (Å²) in [6.45, 7) is 2.76. The molecule has 0 aliphatic carbocycles. The molecule has 0 heterocycles. The van der Waals surface area contributed by atoms with E-state index in [0.29, 0.717) is 19.7 Å². The van der Waals surface area contributed by atoms with Crippen molar-refractivity contribution in [1.29, 1.82) is 0 Å². The zero-order valence-electron chi connectivity index (χ0n) is 16.6. The molecule has 0 saturated carbocycles. The Morgan fingerprint density at radius 3 is 2.44 bits per heavy atom.